The summed E-state index contributed by atoms with van der Waals surface area (Å²) in [6.07, 6.45) is 3.25. The number of nitrogens with one attached hydrogen (secondary N) is 1. The Morgan fingerprint density at radius 2 is 2.18 bits per heavy atom. The van der Waals surface area contributed by atoms with Crippen molar-refractivity contribution < 1.29 is 4.79 Å². The van der Waals surface area contributed by atoms with E-state index in [0.29, 0.717) is 17.9 Å². The minimum atomic E-state index is -0.214. The maximum atomic E-state index is 12.6. The summed E-state index contributed by atoms with van der Waals surface area (Å²) in [5.74, 6) is 0.255. The Bertz CT molecular complexity index is 709. The summed E-state index contributed by atoms with van der Waals surface area (Å²) in [6.45, 7) is 5.80. The van der Waals surface area contributed by atoms with Gasteiger partial charge in [-0.25, -0.2) is 0 Å². The molecule has 0 saturated carbocycles. The predicted octanol–water partition coefficient (Wildman–Crippen LogP) is 3.77. The van der Waals surface area contributed by atoms with Gasteiger partial charge in [-0.1, -0.05) is 36.4 Å². The highest BCUT2D eigenvalue weighted by molar-refractivity contribution is 6.29. The van der Waals surface area contributed by atoms with Crippen molar-refractivity contribution >= 4 is 23.1 Å². The van der Waals surface area contributed by atoms with E-state index in [1.54, 1.807) is 0 Å². The lowest BCUT2D eigenvalue weighted by Gasteiger charge is -2.43. The summed E-state index contributed by atoms with van der Waals surface area (Å²) in [6, 6.07) is 8.32. The summed E-state index contributed by atoms with van der Waals surface area (Å²) in [5, 5.41) is 4.18. The van der Waals surface area contributed by atoms with Gasteiger partial charge in [-0.05, 0) is 30.9 Å². The van der Waals surface area contributed by atoms with E-state index in [9.17, 15) is 4.79 Å². The number of rotatable bonds is 2. The van der Waals surface area contributed by atoms with Crippen LogP contribution in [0.2, 0.25) is 0 Å². The van der Waals surface area contributed by atoms with Crippen LogP contribution in [0.4, 0.5) is 5.69 Å². The number of carbonyl (C=O) groups is 1. The Labute approximate surface area is 135 Å². The Hall–Kier alpha value is -1.74. The number of hydrogen-bond donors (Lipinski definition) is 1. The monoisotopic (exact) mass is 314 g/mol. The topological polar surface area (TPSA) is 32.3 Å². The highest BCUT2D eigenvalue weighted by Crippen LogP contribution is 2.53. The number of carbonyl (C=O) groups excluding carboxylic acids is 1. The van der Waals surface area contributed by atoms with E-state index in [1.807, 2.05) is 6.07 Å². The van der Waals surface area contributed by atoms with Crippen molar-refractivity contribution in [1.29, 1.82) is 0 Å². The second-order valence-electron chi connectivity index (χ2n) is 6.43. The summed E-state index contributed by atoms with van der Waals surface area (Å²) >= 11 is 6.21. The zero-order chi connectivity index (χ0) is 15.3. The van der Waals surface area contributed by atoms with Gasteiger partial charge in [-0.3, -0.25) is 4.79 Å². The lowest BCUT2D eigenvalue weighted by molar-refractivity contribution is -0.119. The number of hydrogen-bond acceptors (Lipinski definition) is 3. The van der Waals surface area contributed by atoms with E-state index >= 15 is 0 Å². The third-order valence-corrected chi connectivity index (χ3v) is 5.27. The van der Waals surface area contributed by atoms with E-state index in [0.717, 1.165) is 43.0 Å². The lowest BCUT2D eigenvalue weighted by atomic mass is 9.70. The summed E-state index contributed by atoms with van der Waals surface area (Å²) in [5.41, 5.74) is 4.06. The Balaban J connectivity index is 1.94. The van der Waals surface area contributed by atoms with Gasteiger partial charge >= 0.3 is 0 Å². The summed E-state index contributed by atoms with van der Waals surface area (Å²) in [7, 11) is 0. The molecule has 0 spiro atoms. The molecule has 0 aliphatic carbocycles. The van der Waals surface area contributed by atoms with Crippen LogP contribution in [0.3, 0.4) is 0 Å². The molecule has 1 aromatic rings. The summed E-state index contributed by atoms with van der Waals surface area (Å²) < 4.78 is 0. The average molecular weight is 315 g/mol. The molecule has 1 unspecified atom stereocenters. The van der Waals surface area contributed by atoms with Gasteiger partial charge in [0, 0.05) is 35.6 Å². The first kappa shape index (κ1) is 13.9. The first-order chi connectivity index (χ1) is 10.6. The molecule has 114 valence electrons. The fraction of sp³-hybridized carbons (Fsp3) is 0.389. The maximum absolute atomic E-state index is 12.6. The molecule has 0 aromatic heterocycles. The molecule has 22 heavy (non-hydrogen) atoms. The Kier molecular flexibility index (Phi) is 3.08. The molecule has 1 saturated heterocycles. The molecule has 4 heteroatoms. The highest BCUT2D eigenvalue weighted by atomic mass is 35.5. The number of halogens is 1. The van der Waals surface area contributed by atoms with Crippen LogP contribution in [0.25, 0.3) is 0 Å². The van der Waals surface area contributed by atoms with Crippen molar-refractivity contribution in [2.24, 2.45) is 0 Å². The van der Waals surface area contributed by atoms with Gasteiger partial charge in [-0.2, -0.15) is 0 Å². The van der Waals surface area contributed by atoms with Crippen LogP contribution in [0.5, 0.6) is 0 Å². The SMILES string of the molecule is C=C(Cl)CC12CCN3CCCC(=O)C3=C1Nc1ccccc12. The van der Waals surface area contributed by atoms with Gasteiger partial charge < -0.3 is 10.2 Å². The molecular weight excluding hydrogens is 296 g/mol. The third-order valence-electron chi connectivity index (χ3n) is 5.13. The van der Waals surface area contributed by atoms with Gasteiger partial charge in [0.2, 0.25) is 0 Å². The van der Waals surface area contributed by atoms with Gasteiger partial charge in [0.25, 0.3) is 0 Å². The number of allylic oxidation sites excluding steroid dienone is 3. The second-order valence-corrected chi connectivity index (χ2v) is 6.97. The molecule has 3 aliphatic heterocycles. The number of anilines is 1. The highest BCUT2D eigenvalue weighted by Gasteiger charge is 2.49. The Morgan fingerprint density at radius 3 is 3.00 bits per heavy atom. The van der Waals surface area contributed by atoms with E-state index in [2.05, 4.69) is 35.0 Å². The molecule has 1 aromatic carbocycles. The first-order valence-corrected chi connectivity index (χ1v) is 8.22. The molecular formula is C18H19ClN2O. The number of nitrogens with zero attached hydrogens (tertiary/aromatic N) is 1. The summed E-state index contributed by atoms with van der Waals surface area (Å²) in [4.78, 5) is 14.8. The van der Waals surface area contributed by atoms with Crippen molar-refractivity contribution in [2.75, 3.05) is 18.4 Å². The molecule has 1 N–H and O–H groups in total. The molecule has 1 fully saturated rings. The van der Waals surface area contributed by atoms with E-state index in [4.69, 9.17) is 11.6 Å². The molecule has 3 heterocycles. The van der Waals surface area contributed by atoms with Crippen LogP contribution in [0, 0.1) is 0 Å². The van der Waals surface area contributed by atoms with Crippen molar-refractivity contribution in [3.8, 4) is 0 Å². The smallest absolute Gasteiger partial charge is 0.180 e. The number of ketones is 1. The van der Waals surface area contributed by atoms with E-state index in [1.165, 1.54) is 5.56 Å². The van der Waals surface area contributed by atoms with Crippen molar-refractivity contribution in [3.05, 3.63) is 52.8 Å². The van der Waals surface area contributed by atoms with Crippen LogP contribution in [-0.4, -0.2) is 23.8 Å². The Morgan fingerprint density at radius 1 is 1.36 bits per heavy atom. The predicted molar refractivity (Wildman–Crippen MR) is 88.8 cm³/mol. The minimum Gasteiger partial charge on any atom is -0.367 e. The van der Waals surface area contributed by atoms with Crippen LogP contribution in [0.15, 0.2) is 47.3 Å². The van der Waals surface area contributed by atoms with Crippen LogP contribution in [-0.2, 0) is 10.2 Å². The normalized spacial score (nSPS) is 26.2. The van der Waals surface area contributed by atoms with Gasteiger partial charge in [0.05, 0.1) is 5.70 Å². The third kappa shape index (κ3) is 1.85. The van der Waals surface area contributed by atoms with Gasteiger partial charge in [0.15, 0.2) is 5.78 Å². The maximum Gasteiger partial charge on any atom is 0.180 e. The van der Waals surface area contributed by atoms with Crippen LogP contribution in [0.1, 0.15) is 31.2 Å². The number of benzene rings is 1. The molecule has 0 bridgehead atoms. The zero-order valence-corrected chi connectivity index (χ0v) is 13.2. The molecule has 1 atom stereocenters. The number of fused-ring (bicyclic) bond motifs is 4. The standard InChI is InChI=1S/C18H19ClN2O/c1-12(19)11-18-8-10-21-9-4-7-15(22)16(21)17(18)20-14-6-3-2-5-13(14)18/h2-3,5-6,20H,1,4,7-11H2. The number of piperidine rings is 1. The van der Waals surface area contributed by atoms with Crippen molar-refractivity contribution in [3.63, 3.8) is 0 Å². The largest absolute Gasteiger partial charge is 0.367 e. The molecule has 4 rings (SSSR count). The minimum absolute atomic E-state index is 0.214. The van der Waals surface area contributed by atoms with Gasteiger partial charge in [-0.15, -0.1) is 0 Å². The number of para-hydroxylation sites is 1. The molecule has 0 radical (unpaired) electrons. The second kappa shape index (κ2) is 4.88. The molecule has 0 amide bonds. The zero-order valence-electron chi connectivity index (χ0n) is 12.5. The van der Waals surface area contributed by atoms with E-state index < -0.39 is 0 Å². The van der Waals surface area contributed by atoms with E-state index in [-0.39, 0.29) is 11.2 Å². The quantitative estimate of drug-likeness (QED) is 0.902. The fourth-order valence-corrected chi connectivity index (χ4v) is 4.46. The first-order valence-electron chi connectivity index (χ1n) is 7.84. The average Bonchev–Trinajstić information content (AvgIpc) is 2.81. The van der Waals surface area contributed by atoms with Crippen molar-refractivity contribution in [1.82, 2.24) is 4.90 Å². The van der Waals surface area contributed by atoms with Crippen LogP contribution < -0.4 is 5.32 Å². The van der Waals surface area contributed by atoms with Crippen LogP contribution >= 0.6 is 11.6 Å². The van der Waals surface area contributed by atoms with Crippen molar-refractivity contribution in [2.45, 2.75) is 31.1 Å². The fourth-order valence-electron chi connectivity index (χ4n) is 4.23. The molecule has 3 nitrogen and oxygen atoms in total. The molecule has 3 aliphatic rings. The van der Waals surface area contributed by atoms with Gasteiger partial charge in [0.1, 0.15) is 5.70 Å². The number of Topliss-reactive ketones (excluding diaryl/α,β-unsaturated/α-hetero) is 1. The lowest BCUT2D eigenvalue weighted by Crippen LogP contribution is -2.46.